The second kappa shape index (κ2) is 4.88. The fourth-order valence-electron chi connectivity index (χ4n) is 2.27. The molecule has 1 saturated heterocycles. The van der Waals surface area contributed by atoms with Crippen LogP contribution in [0.15, 0.2) is 11.2 Å². The van der Waals surface area contributed by atoms with Gasteiger partial charge in [-0.15, -0.1) is 0 Å². The number of nitrogens with zero attached hydrogens (tertiary/aromatic N) is 3. The maximum Gasteiger partial charge on any atom is 0.260 e. The predicted octanol–water partition coefficient (Wildman–Crippen LogP) is 0.823. The Bertz CT molecular complexity index is 536. The lowest BCUT2D eigenvalue weighted by Crippen LogP contribution is -2.54. The molecule has 0 spiro atoms. The normalized spacial score (nSPS) is 19.8. The Morgan fingerprint density at radius 1 is 1.21 bits per heavy atom. The molecule has 0 radical (unpaired) electrons. The molecule has 1 aromatic rings. The van der Waals surface area contributed by atoms with Gasteiger partial charge in [-0.2, -0.15) is 4.31 Å². The summed E-state index contributed by atoms with van der Waals surface area (Å²) in [5.74, 6) is 0.618. The fraction of sp³-hybridized carbons (Fsp3) is 0.750. The van der Waals surface area contributed by atoms with Gasteiger partial charge in [-0.1, -0.05) is 0 Å². The van der Waals surface area contributed by atoms with Crippen LogP contribution in [0.2, 0.25) is 0 Å². The van der Waals surface area contributed by atoms with Crippen LogP contribution >= 0.6 is 0 Å². The first-order valence-corrected chi connectivity index (χ1v) is 7.92. The minimum atomic E-state index is -3.42. The van der Waals surface area contributed by atoms with Gasteiger partial charge < -0.3 is 4.98 Å². The molecule has 1 aliphatic heterocycles. The Balaban J connectivity index is 2.09. The summed E-state index contributed by atoms with van der Waals surface area (Å²) in [4.78, 5) is 9.06. The van der Waals surface area contributed by atoms with E-state index in [1.54, 1.807) is 6.92 Å². The van der Waals surface area contributed by atoms with Crippen molar-refractivity contribution < 1.29 is 8.42 Å². The molecule has 6 nitrogen and oxygen atoms in total. The van der Waals surface area contributed by atoms with Crippen LogP contribution in [-0.4, -0.2) is 59.3 Å². The van der Waals surface area contributed by atoms with Crippen LogP contribution in [0.1, 0.15) is 26.6 Å². The van der Waals surface area contributed by atoms with Crippen LogP contribution in [0.5, 0.6) is 0 Å². The number of H-pyrrole nitrogens is 1. The van der Waals surface area contributed by atoms with Gasteiger partial charge in [0.05, 0.1) is 6.20 Å². The first-order chi connectivity index (χ1) is 8.71. The molecular weight excluding hydrogens is 264 g/mol. The lowest BCUT2D eigenvalue weighted by atomic mass is 10.1. The summed E-state index contributed by atoms with van der Waals surface area (Å²) >= 11 is 0. The van der Waals surface area contributed by atoms with E-state index in [0.29, 0.717) is 18.9 Å². The molecule has 19 heavy (non-hydrogen) atoms. The third-order valence-corrected chi connectivity index (χ3v) is 5.29. The Labute approximate surface area is 114 Å². The van der Waals surface area contributed by atoms with Gasteiger partial charge >= 0.3 is 0 Å². The van der Waals surface area contributed by atoms with Gasteiger partial charge in [-0.05, 0) is 27.7 Å². The van der Waals surface area contributed by atoms with Gasteiger partial charge in [0.2, 0.25) is 0 Å². The van der Waals surface area contributed by atoms with Crippen molar-refractivity contribution in [2.24, 2.45) is 0 Å². The third-order valence-electron chi connectivity index (χ3n) is 3.48. The van der Waals surface area contributed by atoms with Crippen molar-refractivity contribution in [2.75, 3.05) is 26.2 Å². The second-order valence-electron chi connectivity index (χ2n) is 5.89. The van der Waals surface area contributed by atoms with Crippen LogP contribution < -0.4 is 0 Å². The molecule has 1 aromatic heterocycles. The van der Waals surface area contributed by atoms with Gasteiger partial charge in [0.15, 0.2) is 5.03 Å². The van der Waals surface area contributed by atoms with E-state index in [2.05, 4.69) is 35.6 Å². The molecule has 0 atom stereocenters. The maximum atomic E-state index is 12.4. The highest BCUT2D eigenvalue weighted by molar-refractivity contribution is 7.89. The molecule has 0 amide bonds. The van der Waals surface area contributed by atoms with Crippen LogP contribution in [-0.2, 0) is 10.0 Å². The highest BCUT2D eigenvalue weighted by atomic mass is 32.2. The summed E-state index contributed by atoms with van der Waals surface area (Å²) in [6.45, 7) is 10.8. The monoisotopic (exact) mass is 286 g/mol. The quantitative estimate of drug-likeness (QED) is 0.874. The van der Waals surface area contributed by atoms with E-state index in [9.17, 15) is 8.42 Å². The summed E-state index contributed by atoms with van der Waals surface area (Å²) in [6, 6.07) is 0. The topological polar surface area (TPSA) is 69.3 Å². The van der Waals surface area contributed by atoms with Gasteiger partial charge in [0.25, 0.3) is 10.0 Å². The molecule has 7 heteroatoms. The molecular formula is C12H22N4O2S. The zero-order valence-corrected chi connectivity index (χ0v) is 12.8. The molecule has 0 bridgehead atoms. The number of hydrogen-bond donors (Lipinski definition) is 1. The van der Waals surface area contributed by atoms with E-state index in [-0.39, 0.29) is 10.6 Å². The lowest BCUT2D eigenvalue weighted by Gasteiger charge is -2.41. The number of aryl methyl sites for hydroxylation is 1. The Morgan fingerprint density at radius 2 is 1.79 bits per heavy atom. The van der Waals surface area contributed by atoms with Crippen molar-refractivity contribution in [3.63, 3.8) is 0 Å². The van der Waals surface area contributed by atoms with Gasteiger partial charge in [-0.3, -0.25) is 4.90 Å². The molecule has 2 heterocycles. The van der Waals surface area contributed by atoms with E-state index in [1.165, 1.54) is 10.5 Å². The highest BCUT2D eigenvalue weighted by Gasteiger charge is 2.32. The maximum absolute atomic E-state index is 12.4. The van der Waals surface area contributed by atoms with E-state index in [1.807, 2.05) is 0 Å². The SMILES string of the molecule is Cc1ncc(S(=O)(=O)N2CCN(C(C)(C)C)CC2)[nH]1. The van der Waals surface area contributed by atoms with E-state index >= 15 is 0 Å². The highest BCUT2D eigenvalue weighted by Crippen LogP contribution is 2.20. The largest absolute Gasteiger partial charge is 0.332 e. The van der Waals surface area contributed by atoms with E-state index in [0.717, 1.165) is 13.1 Å². The number of rotatable bonds is 2. The van der Waals surface area contributed by atoms with Crippen LogP contribution in [0.4, 0.5) is 0 Å². The van der Waals surface area contributed by atoms with Crippen molar-refractivity contribution in [1.29, 1.82) is 0 Å². The predicted molar refractivity (Wildman–Crippen MR) is 73.4 cm³/mol. The molecule has 1 fully saturated rings. The van der Waals surface area contributed by atoms with E-state index in [4.69, 9.17) is 0 Å². The van der Waals surface area contributed by atoms with Crippen molar-refractivity contribution in [1.82, 2.24) is 19.2 Å². The number of aromatic nitrogens is 2. The smallest absolute Gasteiger partial charge is 0.260 e. The molecule has 0 aromatic carbocycles. The number of sulfonamides is 1. The standard InChI is InChI=1S/C12H22N4O2S/c1-10-13-9-11(14-10)19(17,18)16-7-5-15(6-8-16)12(2,3)4/h9H,5-8H2,1-4H3,(H,13,14). The minimum Gasteiger partial charge on any atom is -0.332 e. The van der Waals surface area contributed by atoms with Crippen molar-refractivity contribution >= 4 is 10.0 Å². The summed E-state index contributed by atoms with van der Waals surface area (Å²) in [6.07, 6.45) is 1.39. The zero-order chi connectivity index (χ0) is 14.3. The number of nitrogens with one attached hydrogen (secondary N) is 1. The summed E-state index contributed by atoms with van der Waals surface area (Å²) < 4.78 is 26.3. The Kier molecular flexibility index (Phi) is 3.72. The lowest BCUT2D eigenvalue weighted by molar-refractivity contribution is 0.0921. The van der Waals surface area contributed by atoms with Crippen molar-refractivity contribution in [2.45, 2.75) is 38.3 Å². The molecule has 0 unspecified atom stereocenters. The van der Waals surface area contributed by atoms with Gasteiger partial charge in [0.1, 0.15) is 5.82 Å². The average Bonchev–Trinajstić information content (AvgIpc) is 2.76. The summed E-state index contributed by atoms with van der Waals surface area (Å²) in [5.41, 5.74) is 0.0838. The Hall–Kier alpha value is -0.920. The Morgan fingerprint density at radius 3 is 2.21 bits per heavy atom. The van der Waals surface area contributed by atoms with Crippen LogP contribution in [0.3, 0.4) is 0 Å². The number of hydrogen-bond acceptors (Lipinski definition) is 4. The van der Waals surface area contributed by atoms with E-state index < -0.39 is 10.0 Å². The number of piperazine rings is 1. The molecule has 1 aliphatic rings. The minimum absolute atomic E-state index is 0.0838. The molecule has 2 rings (SSSR count). The summed E-state index contributed by atoms with van der Waals surface area (Å²) in [7, 11) is -3.42. The summed E-state index contributed by atoms with van der Waals surface area (Å²) in [5, 5.41) is 0.189. The molecule has 1 N–H and O–H groups in total. The van der Waals surface area contributed by atoms with Crippen molar-refractivity contribution in [3.05, 3.63) is 12.0 Å². The second-order valence-corrected chi connectivity index (χ2v) is 7.80. The number of imidazole rings is 1. The molecule has 108 valence electrons. The van der Waals surface area contributed by atoms with Crippen LogP contribution in [0, 0.1) is 6.92 Å². The molecule has 0 saturated carbocycles. The van der Waals surface area contributed by atoms with Crippen molar-refractivity contribution in [3.8, 4) is 0 Å². The first kappa shape index (κ1) is 14.5. The van der Waals surface area contributed by atoms with Gasteiger partial charge in [-0.25, -0.2) is 13.4 Å². The van der Waals surface area contributed by atoms with Crippen LogP contribution in [0.25, 0.3) is 0 Å². The third kappa shape index (κ3) is 2.98. The molecule has 0 aliphatic carbocycles. The fourth-order valence-corrected chi connectivity index (χ4v) is 3.65. The zero-order valence-electron chi connectivity index (χ0n) is 12.0. The number of aromatic amines is 1. The van der Waals surface area contributed by atoms with Gasteiger partial charge in [0, 0.05) is 31.7 Å². The first-order valence-electron chi connectivity index (χ1n) is 6.48. The average molecular weight is 286 g/mol.